The molecule has 0 atom stereocenters. The van der Waals surface area contributed by atoms with Crippen molar-refractivity contribution in [2.24, 2.45) is 0 Å². The number of aromatic nitrogens is 3. The molecule has 0 unspecified atom stereocenters. The first-order valence-corrected chi connectivity index (χ1v) is 9.20. The molecule has 1 aliphatic carbocycles. The van der Waals surface area contributed by atoms with Gasteiger partial charge in [0.2, 0.25) is 0 Å². The van der Waals surface area contributed by atoms with E-state index in [1.165, 1.54) is 12.1 Å². The van der Waals surface area contributed by atoms with Crippen LogP contribution in [0.5, 0.6) is 0 Å². The number of rotatable bonds is 4. The predicted octanol–water partition coefficient (Wildman–Crippen LogP) is 4.09. The molecule has 5 rings (SSSR count). The third-order valence-corrected chi connectivity index (χ3v) is 4.78. The smallest absolute Gasteiger partial charge is 0.270 e. The molecular weight excluding hydrogens is 355 g/mol. The van der Waals surface area contributed by atoms with Gasteiger partial charge in [-0.05, 0) is 43.2 Å². The Balaban J connectivity index is 1.67. The number of carbonyl (C=O) groups excluding carboxylic acids is 1. The van der Waals surface area contributed by atoms with E-state index in [4.69, 9.17) is 0 Å². The molecule has 0 radical (unpaired) electrons. The van der Waals surface area contributed by atoms with Gasteiger partial charge in [-0.2, -0.15) is 5.10 Å². The number of halogens is 1. The molecule has 5 nitrogen and oxygen atoms in total. The van der Waals surface area contributed by atoms with E-state index in [2.05, 4.69) is 15.4 Å². The highest BCUT2D eigenvalue weighted by atomic mass is 19.1. The van der Waals surface area contributed by atoms with Crippen LogP contribution in [0.2, 0.25) is 0 Å². The van der Waals surface area contributed by atoms with Gasteiger partial charge in [-0.1, -0.05) is 30.3 Å². The molecule has 4 aromatic rings. The van der Waals surface area contributed by atoms with Gasteiger partial charge in [0.15, 0.2) is 5.65 Å². The second-order valence-electron chi connectivity index (χ2n) is 6.95. The number of amides is 1. The Hall–Kier alpha value is -3.54. The van der Waals surface area contributed by atoms with Crippen LogP contribution in [0.25, 0.3) is 28.2 Å². The normalized spacial score (nSPS) is 13.6. The molecule has 2 aromatic carbocycles. The zero-order chi connectivity index (χ0) is 19.1. The number of fused-ring (bicyclic) bond motifs is 1. The standard InChI is InChI=1S/C22H17FN4O/c23-16-8-6-15(7-9-16)18-12-20(22(28)24-17-10-11-17)27-21(25-18)13-19(26-27)14-4-2-1-3-5-14/h1-9,12-13,17H,10-11H2,(H,24,28). The van der Waals surface area contributed by atoms with Gasteiger partial charge >= 0.3 is 0 Å². The fourth-order valence-corrected chi connectivity index (χ4v) is 3.14. The average Bonchev–Trinajstić information content (AvgIpc) is 3.43. The lowest BCUT2D eigenvalue weighted by Gasteiger charge is -2.08. The molecule has 0 saturated heterocycles. The number of hydrogen-bond acceptors (Lipinski definition) is 3. The lowest BCUT2D eigenvalue weighted by atomic mass is 10.1. The maximum atomic E-state index is 13.3. The molecule has 1 N–H and O–H groups in total. The summed E-state index contributed by atoms with van der Waals surface area (Å²) in [5.74, 6) is -0.492. The molecule has 1 fully saturated rings. The van der Waals surface area contributed by atoms with Crippen LogP contribution in [-0.4, -0.2) is 26.5 Å². The summed E-state index contributed by atoms with van der Waals surface area (Å²) in [5, 5.41) is 7.63. The number of benzene rings is 2. The van der Waals surface area contributed by atoms with Crippen molar-refractivity contribution in [1.82, 2.24) is 19.9 Å². The van der Waals surface area contributed by atoms with Crippen molar-refractivity contribution in [3.63, 3.8) is 0 Å². The van der Waals surface area contributed by atoms with Gasteiger partial charge in [0.1, 0.15) is 11.5 Å². The van der Waals surface area contributed by atoms with Gasteiger partial charge < -0.3 is 5.32 Å². The van der Waals surface area contributed by atoms with E-state index in [9.17, 15) is 9.18 Å². The zero-order valence-corrected chi connectivity index (χ0v) is 15.0. The highest BCUT2D eigenvalue weighted by Crippen LogP contribution is 2.25. The van der Waals surface area contributed by atoms with E-state index in [0.29, 0.717) is 17.0 Å². The largest absolute Gasteiger partial charge is 0.348 e. The van der Waals surface area contributed by atoms with Crippen LogP contribution in [0.1, 0.15) is 23.3 Å². The zero-order valence-electron chi connectivity index (χ0n) is 15.0. The second-order valence-corrected chi connectivity index (χ2v) is 6.95. The van der Waals surface area contributed by atoms with E-state index in [-0.39, 0.29) is 17.8 Å². The second kappa shape index (κ2) is 6.56. The Labute approximate surface area is 160 Å². The van der Waals surface area contributed by atoms with E-state index < -0.39 is 0 Å². The lowest BCUT2D eigenvalue weighted by Crippen LogP contribution is -2.27. The third kappa shape index (κ3) is 3.13. The summed E-state index contributed by atoms with van der Waals surface area (Å²) in [7, 11) is 0. The first-order chi connectivity index (χ1) is 13.7. The Morgan fingerprint density at radius 1 is 0.964 bits per heavy atom. The fraction of sp³-hybridized carbons (Fsp3) is 0.136. The quantitative estimate of drug-likeness (QED) is 0.587. The van der Waals surface area contributed by atoms with Crippen molar-refractivity contribution in [3.05, 3.63) is 78.2 Å². The van der Waals surface area contributed by atoms with Crippen LogP contribution in [0.15, 0.2) is 66.7 Å². The first-order valence-electron chi connectivity index (χ1n) is 9.20. The lowest BCUT2D eigenvalue weighted by molar-refractivity contribution is 0.0943. The fourth-order valence-electron chi connectivity index (χ4n) is 3.14. The van der Waals surface area contributed by atoms with Gasteiger partial charge in [-0.25, -0.2) is 13.9 Å². The molecule has 2 heterocycles. The van der Waals surface area contributed by atoms with Crippen molar-refractivity contribution in [2.45, 2.75) is 18.9 Å². The number of carbonyl (C=O) groups is 1. The van der Waals surface area contributed by atoms with Crippen LogP contribution >= 0.6 is 0 Å². The van der Waals surface area contributed by atoms with Gasteiger partial charge in [-0.15, -0.1) is 0 Å². The summed E-state index contributed by atoms with van der Waals surface area (Å²) in [4.78, 5) is 17.5. The minimum absolute atomic E-state index is 0.180. The molecule has 6 heteroatoms. The monoisotopic (exact) mass is 372 g/mol. The third-order valence-electron chi connectivity index (χ3n) is 4.78. The highest BCUT2D eigenvalue weighted by Gasteiger charge is 2.26. The number of nitrogens with one attached hydrogen (secondary N) is 1. The average molecular weight is 372 g/mol. The molecule has 28 heavy (non-hydrogen) atoms. The minimum atomic E-state index is -0.313. The predicted molar refractivity (Wildman–Crippen MR) is 104 cm³/mol. The van der Waals surface area contributed by atoms with Crippen LogP contribution in [0, 0.1) is 5.82 Å². The summed E-state index contributed by atoms with van der Waals surface area (Å²) in [6, 6.07) is 19.6. The number of nitrogens with zero attached hydrogens (tertiary/aromatic N) is 3. The van der Waals surface area contributed by atoms with Crippen molar-refractivity contribution in [1.29, 1.82) is 0 Å². The molecular formula is C22H17FN4O. The SMILES string of the molecule is O=C(NC1CC1)c1cc(-c2ccc(F)cc2)nc2cc(-c3ccccc3)nn12. The molecule has 2 aromatic heterocycles. The van der Waals surface area contributed by atoms with Crippen molar-refractivity contribution in [3.8, 4) is 22.5 Å². The number of hydrogen-bond donors (Lipinski definition) is 1. The Morgan fingerprint density at radius 2 is 1.68 bits per heavy atom. The Morgan fingerprint density at radius 3 is 2.39 bits per heavy atom. The Kier molecular flexibility index (Phi) is 3.90. The van der Waals surface area contributed by atoms with E-state index in [1.807, 2.05) is 36.4 Å². The minimum Gasteiger partial charge on any atom is -0.348 e. The van der Waals surface area contributed by atoms with Gasteiger partial charge in [0.05, 0.1) is 11.4 Å². The molecule has 0 aliphatic heterocycles. The van der Waals surface area contributed by atoms with Crippen molar-refractivity contribution < 1.29 is 9.18 Å². The summed E-state index contributed by atoms with van der Waals surface area (Å²) in [6.45, 7) is 0. The molecule has 1 saturated carbocycles. The molecule has 1 amide bonds. The molecule has 0 spiro atoms. The maximum absolute atomic E-state index is 13.3. The molecule has 0 bridgehead atoms. The summed E-state index contributed by atoms with van der Waals surface area (Å²) in [5.41, 5.74) is 4.02. The summed E-state index contributed by atoms with van der Waals surface area (Å²) in [6.07, 6.45) is 2.00. The molecule has 1 aliphatic rings. The van der Waals surface area contributed by atoms with Gasteiger partial charge in [0, 0.05) is 23.2 Å². The van der Waals surface area contributed by atoms with Crippen molar-refractivity contribution in [2.75, 3.05) is 0 Å². The Bertz CT molecular complexity index is 1160. The highest BCUT2D eigenvalue weighted by molar-refractivity contribution is 5.94. The van der Waals surface area contributed by atoms with Crippen LogP contribution in [0.4, 0.5) is 4.39 Å². The summed E-state index contributed by atoms with van der Waals surface area (Å²) < 4.78 is 14.9. The topological polar surface area (TPSA) is 59.3 Å². The summed E-state index contributed by atoms with van der Waals surface area (Å²) >= 11 is 0. The van der Waals surface area contributed by atoms with Gasteiger partial charge in [-0.3, -0.25) is 4.79 Å². The van der Waals surface area contributed by atoms with Crippen LogP contribution in [0.3, 0.4) is 0 Å². The van der Waals surface area contributed by atoms with E-state index >= 15 is 0 Å². The first kappa shape index (κ1) is 16.6. The van der Waals surface area contributed by atoms with Crippen molar-refractivity contribution >= 4 is 11.6 Å². The molecule has 138 valence electrons. The maximum Gasteiger partial charge on any atom is 0.270 e. The van der Waals surface area contributed by atoms with Gasteiger partial charge in [0.25, 0.3) is 5.91 Å². The van der Waals surface area contributed by atoms with E-state index in [1.54, 1.807) is 22.7 Å². The van der Waals surface area contributed by atoms with Crippen LogP contribution < -0.4 is 5.32 Å². The van der Waals surface area contributed by atoms with E-state index in [0.717, 1.165) is 29.7 Å². The van der Waals surface area contributed by atoms with Crippen LogP contribution in [-0.2, 0) is 0 Å².